The van der Waals surface area contributed by atoms with Gasteiger partial charge in [-0.05, 0) is 35.9 Å². The summed E-state index contributed by atoms with van der Waals surface area (Å²) >= 11 is 5.98. The first-order valence-electron chi connectivity index (χ1n) is 8.48. The van der Waals surface area contributed by atoms with Gasteiger partial charge in [0.05, 0.1) is 11.8 Å². The Hall–Kier alpha value is -3.18. The van der Waals surface area contributed by atoms with Crippen molar-refractivity contribution in [1.82, 2.24) is 9.99 Å². The van der Waals surface area contributed by atoms with Gasteiger partial charge in [0.15, 0.2) is 0 Å². The Kier molecular flexibility index (Phi) is 4.60. The van der Waals surface area contributed by atoms with E-state index in [2.05, 4.69) is 10.1 Å². The largest absolute Gasteiger partial charge is 0.508 e. The van der Waals surface area contributed by atoms with E-state index in [-0.39, 0.29) is 11.7 Å². The molecule has 2 heterocycles. The van der Waals surface area contributed by atoms with Crippen LogP contribution in [0.1, 0.15) is 33.9 Å². The zero-order valence-electron chi connectivity index (χ0n) is 14.3. The number of benzene rings is 2. The number of hydrogen-bond donors (Lipinski definition) is 1. The number of hydrazone groups is 1. The van der Waals surface area contributed by atoms with E-state index in [4.69, 9.17) is 11.6 Å². The molecule has 0 saturated carbocycles. The second-order valence-electron chi connectivity index (χ2n) is 6.22. The predicted molar refractivity (Wildman–Crippen MR) is 104 cm³/mol. The molecule has 5 nitrogen and oxygen atoms in total. The van der Waals surface area contributed by atoms with Gasteiger partial charge < -0.3 is 5.11 Å². The molecule has 6 heteroatoms. The lowest BCUT2D eigenvalue weighted by Gasteiger charge is -2.22. The minimum atomic E-state index is -0.391. The summed E-state index contributed by atoms with van der Waals surface area (Å²) in [4.78, 5) is 17.0. The van der Waals surface area contributed by atoms with Crippen molar-refractivity contribution >= 4 is 23.2 Å². The van der Waals surface area contributed by atoms with Crippen molar-refractivity contribution < 1.29 is 9.90 Å². The molecular weight excluding hydrogens is 362 g/mol. The molecule has 4 rings (SSSR count). The van der Waals surface area contributed by atoms with Crippen molar-refractivity contribution in [3.63, 3.8) is 0 Å². The van der Waals surface area contributed by atoms with Crippen LogP contribution in [-0.2, 0) is 0 Å². The molecule has 27 heavy (non-hydrogen) atoms. The average molecular weight is 378 g/mol. The van der Waals surface area contributed by atoms with Gasteiger partial charge in [-0.2, -0.15) is 5.10 Å². The van der Waals surface area contributed by atoms with Gasteiger partial charge in [-0.1, -0.05) is 41.9 Å². The number of nitrogens with zero attached hydrogens (tertiary/aromatic N) is 3. The maximum absolute atomic E-state index is 13.1. The molecule has 0 bridgehead atoms. The fraction of sp³-hybridized carbons (Fsp3) is 0.0952. The van der Waals surface area contributed by atoms with E-state index in [1.165, 1.54) is 5.01 Å². The van der Waals surface area contributed by atoms with Gasteiger partial charge >= 0.3 is 0 Å². The maximum Gasteiger partial charge on any atom is 0.274 e. The number of para-hydroxylation sites is 1. The number of aromatic nitrogens is 1. The molecule has 1 atom stereocenters. The third kappa shape index (κ3) is 3.41. The van der Waals surface area contributed by atoms with Gasteiger partial charge in [-0.25, -0.2) is 5.01 Å². The summed E-state index contributed by atoms with van der Waals surface area (Å²) in [6.45, 7) is 0. The SMILES string of the molecule is O=C(c1ccncc1)N1N=C(c2ccc(Cl)cc2)C[C@@H]1c1ccccc1O. The summed E-state index contributed by atoms with van der Waals surface area (Å²) in [5.41, 5.74) is 2.81. The molecule has 0 unspecified atom stereocenters. The third-order valence-electron chi connectivity index (χ3n) is 4.52. The molecule has 0 radical (unpaired) electrons. The average Bonchev–Trinajstić information content (AvgIpc) is 3.14. The van der Waals surface area contributed by atoms with Gasteiger partial charge in [0.25, 0.3) is 5.91 Å². The number of hydrogen-bond acceptors (Lipinski definition) is 4. The second kappa shape index (κ2) is 7.21. The van der Waals surface area contributed by atoms with Gasteiger partial charge in [0, 0.05) is 35.0 Å². The summed E-state index contributed by atoms with van der Waals surface area (Å²) in [6, 6.07) is 17.3. The minimum Gasteiger partial charge on any atom is -0.508 e. The molecule has 134 valence electrons. The first-order chi connectivity index (χ1) is 13.1. The topological polar surface area (TPSA) is 65.8 Å². The molecule has 0 saturated heterocycles. The molecule has 0 spiro atoms. The van der Waals surface area contributed by atoms with E-state index in [0.717, 1.165) is 11.3 Å². The first-order valence-corrected chi connectivity index (χ1v) is 8.86. The van der Waals surface area contributed by atoms with Crippen LogP contribution in [-0.4, -0.2) is 26.7 Å². The lowest BCUT2D eigenvalue weighted by molar-refractivity contribution is 0.0709. The zero-order valence-corrected chi connectivity index (χ0v) is 15.0. The van der Waals surface area contributed by atoms with E-state index >= 15 is 0 Å². The quantitative estimate of drug-likeness (QED) is 0.734. The molecule has 1 amide bonds. The van der Waals surface area contributed by atoms with Gasteiger partial charge in [-0.3, -0.25) is 9.78 Å². The van der Waals surface area contributed by atoms with Gasteiger partial charge in [-0.15, -0.1) is 0 Å². The summed E-state index contributed by atoms with van der Waals surface area (Å²) in [5.74, 6) is -0.0998. The summed E-state index contributed by atoms with van der Waals surface area (Å²) < 4.78 is 0. The highest BCUT2D eigenvalue weighted by Gasteiger charge is 2.34. The number of halogens is 1. The Morgan fingerprint density at radius 1 is 1.04 bits per heavy atom. The van der Waals surface area contributed by atoms with Crippen LogP contribution in [0.3, 0.4) is 0 Å². The van der Waals surface area contributed by atoms with Crippen LogP contribution in [0.4, 0.5) is 0 Å². The van der Waals surface area contributed by atoms with Crippen molar-refractivity contribution in [2.45, 2.75) is 12.5 Å². The number of aromatic hydroxyl groups is 1. The molecule has 0 fully saturated rings. The lowest BCUT2D eigenvalue weighted by Crippen LogP contribution is -2.27. The molecule has 0 aliphatic carbocycles. The molecule has 2 aromatic carbocycles. The third-order valence-corrected chi connectivity index (χ3v) is 4.77. The van der Waals surface area contributed by atoms with Crippen LogP contribution in [0.5, 0.6) is 5.75 Å². The van der Waals surface area contributed by atoms with Crippen molar-refractivity contribution in [2.75, 3.05) is 0 Å². The van der Waals surface area contributed by atoms with Gasteiger partial charge in [0.2, 0.25) is 0 Å². The summed E-state index contributed by atoms with van der Waals surface area (Å²) in [5, 5.41) is 17.0. The van der Waals surface area contributed by atoms with Crippen molar-refractivity contribution in [3.05, 3.63) is 94.8 Å². The maximum atomic E-state index is 13.1. The van der Waals surface area contributed by atoms with Crippen LogP contribution >= 0.6 is 11.6 Å². The molecular formula is C21H16ClN3O2. The Bertz CT molecular complexity index is 1000. The van der Waals surface area contributed by atoms with Crippen LogP contribution in [0.2, 0.25) is 5.02 Å². The number of carbonyl (C=O) groups excluding carboxylic acids is 1. The zero-order chi connectivity index (χ0) is 18.8. The Morgan fingerprint density at radius 3 is 2.44 bits per heavy atom. The number of carbonyl (C=O) groups is 1. The number of phenols is 1. The van der Waals surface area contributed by atoms with E-state index in [1.807, 2.05) is 24.3 Å². The molecule has 1 aliphatic rings. The van der Waals surface area contributed by atoms with Crippen molar-refractivity contribution in [1.29, 1.82) is 0 Å². The molecule has 1 aliphatic heterocycles. The first kappa shape index (κ1) is 17.2. The smallest absolute Gasteiger partial charge is 0.274 e. The number of phenolic OH excluding ortho intramolecular Hbond substituents is 1. The van der Waals surface area contributed by atoms with Gasteiger partial charge in [0.1, 0.15) is 5.75 Å². The normalized spacial score (nSPS) is 16.3. The number of rotatable bonds is 3. The van der Waals surface area contributed by atoms with Crippen molar-refractivity contribution in [2.24, 2.45) is 5.10 Å². The van der Waals surface area contributed by atoms with E-state index in [0.29, 0.717) is 22.6 Å². The van der Waals surface area contributed by atoms with Crippen LogP contribution in [0, 0.1) is 0 Å². The van der Waals surface area contributed by atoms with E-state index in [1.54, 1.807) is 48.8 Å². The Labute approximate surface area is 161 Å². The van der Waals surface area contributed by atoms with Crippen LogP contribution in [0.15, 0.2) is 78.2 Å². The monoisotopic (exact) mass is 377 g/mol. The molecule has 1 N–H and O–H groups in total. The predicted octanol–water partition coefficient (Wildman–Crippen LogP) is 4.43. The Morgan fingerprint density at radius 2 is 1.74 bits per heavy atom. The highest BCUT2D eigenvalue weighted by Crippen LogP contribution is 2.37. The fourth-order valence-corrected chi connectivity index (χ4v) is 3.28. The summed E-state index contributed by atoms with van der Waals surface area (Å²) in [7, 11) is 0. The van der Waals surface area contributed by atoms with Crippen molar-refractivity contribution in [3.8, 4) is 5.75 Å². The highest BCUT2D eigenvalue weighted by molar-refractivity contribution is 6.30. The highest BCUT2D eigenvalue weighted by atomic mass is 35.5. The summed E-state index contributed by atoms with van der Waals surface area (Å²) in [6.07, 6.45) is 3.64. The second-order valence-corrected chi connectivity index (χ2v) is 6.65. The van der Waals surface area contributed by atoms with Crippen LogP contribution in [0.25, 0.3) is 0 Å². The number of amides is 1. The standard InChI is InChI=1S/C21H16ClN3O2/c22-16-7-5-14(6-8-16)18-13-19(17-3-1-2-4-20(17)26)25(24-18)21(27)15-9-11-23-12-10-15/h1-12,19,26H,13H2/t19-/m1/s1. The van der Waals surface area contributed by atoms with E-state index < -0.39 is 6.04 Å². The number of pyridine rings is 1. The minimum absolute atomic E-state index is 0.141. The fourth-order valence-electron chi connectivity index (χ4n) is 3.15. The Balaban J connectivity index is 1.75. The van der Waals surface area contributed by atoms with Crippen LogP contribution < -0.4 is 0 Å². The molecule has 3 aromatic rings. The lowest BCUT2D eigenvalue weighted by atomic mass is 9.97. The molecule has 1 aromatic heterocycles. The van der Waals surface area contributed by atoms with E-state index in [9.17, 15) is 9.90 Å².